The molecule has 1 unspecified atom stereocenters. The van der Waals surface area contributed by atoms with Crippen LogP contribution in [0.5, 0.6) is 0 Å². The summed E-state index contributed by atoms with van der Waals surface area (Å²) in [5.74, 6) is 0.157. The number of aromatic amines is 1. The number of aromatic nitrogens is 1. The topological polar surface area (TPSA) is 74.4 Å². The molecule has 5 nitrogen and oxygen atoms in total. The van der Waals surface area contributed by atoms with Crippen LogP contribution in [0.2, 0.25) is 0 Å². The third-order valence-electron chi connectivity index (χ3n) is 3.98. The lowest BCUT2D eigenvalue weighted by atomic mass is 10.1. The van der Waals surface area contributed by atoms with Crippen molar-refractivity contribution in [1.82, 2.24) is 10.3 Å². The Morgan fingerprint density at radius 1 is 1.48 bits per heavy atom. The van der Waals surface area contributed by atoms with E-state index in [1.807, 2.05) is 0 Å². The number of carbonyl (C=O) groups excluding carboxylic acids is 1. The van der Waals surface area contributed by atoms with Crippen molar-refractivity contribution in [3.63, 3.8) is 0 Å². The lowest BCUT2D eigenvalue weighted by Crippen LogP contribution is -2.35. The van der Waals surface area contributed by atoms with Crippen molar-refractivity contribution in [3.8, 4) is 0 Å². The summed E-state index contributed by atoms with van der Waals surface area (Å²) in [6.45, 7) is 1.10. The second kappa shape index (κ2) is 7.10. The van der Waals surface area contributed by atoms with Crippen molar-refractivity contribution < 1.29 is 19.0 Å². The van der Waals surface area contributed by atoms with Gasteiger partial charge in [-0.3, -0.25) is 4.79 Å². The maximum atomic E-state index is 13.1. The number of hydrogen-bond donors (Lipinski definition) is 3. The molecular weight excluding hydrogens is 299 g/mol. The molecule has 2 aromatic rings. The second-order valence-corrected chi connectivity index (χ2v) is 6.12. The SMILES string of the molecule is O=C(Cc1c[nH]c2cc(F)ccc12)NCC(O)COCC1CC1. The number of fused-ring (bicyclic) bond motifs is 1. The van der Waals surface area contributed by atoms with Crippen LogP contribution in [0.25, 0.3) is 10.9 Å². The van der Waals surface area contributed by atoms with Crippen molar-refractivity contribution in [3.05, 3.63) is 35.8 Å². The summed E-state index contributed by atoms with van der Waals surface area (Å²) in [6.07, 6.45) is 3.61. The monoisotopic (exact) mass is 320 g/mol. The molecule has 0 saturated heterocycles. The molecular formula is C17H21FN2O3. The molecule has 1 heterocycles. The fraction of sp³-hybridized carbons (Fsp3) is 0.471. The highest BCUT2D eigenvalue weighted by Gasteiger charge is 2.21. The molecule has 1 atom stereocenters. The van der Waals surface area contributed by atoms with Gasteiger partial charge in [0.25, 0.3) is 0 Å². The number of H-pyrrole nitrogens is 1. The molecule has 3 rings (SSSR count). The molecule has 3 N–H and O–H groups in total. The minimum atomic E-state index is -0.699. The summed E-state index contributed by atoms with van der Waals surface area (Å²) in [5.41, 5.74) is 1.47. The summed E-state index contributed by atoms with van der Waals surface area (Å²) in [5, 5.41) is 13.3. The molecule has 1 saturated carbocycles. The number of halogens is 1. The fourth-order valence-electron chi connectivity index (χ4n) is 2.49. The van der Waals surface area contributed by atoms with Crippen molar-refractivity contribution in [2.75, 3.05) is 19.8 Å². The zero-order chi connectivity index (χ0) is 16.2. The van der Waals surface area contributed by atoms with Crippen LogP contribution >= 0.6 is 0 Å². The summed E-state index contributed by atoms with van der Waals surface area (Å²) in [4.78, 5) is 14.9. The van der Waals surface area contributed by atoms with E-state index in [4.69, 9.17) is 4.74 Å². The van der Waals surface area contributed by atoms with Gasteiger partial charge < -0.3 is 20.1 Å². The number of amides is 1. The highest BCUT2D eigenvalue weighted by molar-refractivity contribution is 5.88. The van der Waals surface area contributed by atoms with E-state index < -0.39 is 6.10 Å². The van der Waals surface area contributed by atoms with Crippen LogP contribution in [0, 0.1) is 11.7 Å². The molecule has 1 aliphatic carbocycles. The predicted octanol–water partition coefficient (Wildman–Crippen LogP) is 1.75. The zero-order valence-electron chi connectivity index (χ0n) is 12.8. The largest absolute Gasteiger partial charge is 0.389 e. The number of hydrogen-bond acceptors (Lipinski definition) is 3. The van der Waals surface area contributed by atoms with Gasteiger partial charge in [-0.15, -0.1) is 0 Å². The van der Waals surface area contributed by atoms with Gasteiger partial charge in [0.05, 0.1) is 19.1 Å². The van der Waals surface area contributed by atoms with Crippen molar-refractivity contribution in [2.45, 2.75) is 25.4 Å². The highest BCUT2D eigenvalue weighted by atomic mass is 19.1. The number of benzene rings is 1. The summed E-state index contributed by atoms with van der Waals surface area (Å²) >= 11 is 0. The van der Waals surface area contributed by atoms with Crippen LogP contribution < -0.4 is 5.32 Å². The molecule has 0 spiro atoms. The second-order valence-electron chi connectivity index (χ2n) is 6.12. The molecule has 23 heavy (non-hydrogen) atoms. The highest BCUT2D eigenvalue weighted by Crippen LogP contribution is 2.28. The minimum absolute atomic E-state index is 0.167. The molecule has 1 amide bonds. The minimum Gasteiger partial charge on any atom is -0.389 e. The van der Waals surface area contributed by atoms with Gasteiger partial charge in [0, 0.05) is 30.3 Å². The average molecular weight is 320 g/mol. The molecule has 0 radical (unpaired) electrons. The number of ether oxygens (including phenoxy) is 1. The predicted molar refractivity (Wildman–Crippen MR) is 84.5 cm³/mol. The first-order valence-electron chi connectivity index (χ1n) is 7.90. The summed E-state index contributed by atoms with van der Waals surface area (Å²) < 4.78 is 18.5. The van der Waals surface area contributed by atoms with E-state index >= 15 is 0 Å². The first-order chi connectivity index (χ1) is 11.1. The van der Waals surface area contributed by atoms with Gasteiger partial charge in [-0.05, 0) is 42.5 Å². The first kappa shape index (κ1) is 16.0. The van der Waals surface area contributed by atoms with E-state index in [9.17, 15) is 14.3 Å². The van der Waals surface area contributed by atoms with Gasteiger partial charge in [-0.1, -0.05) is 0 Å². The van der Waals surface area contributed by atoms with E-state index in [1.54, 1.807) is 12.3 Å². The van der Waals surface area contributed by atoms with Crippen molar-refractivity contribution in [2.24, 2.45) is 5.92 Å². The molecule has 1 aromatic heterocycles. The Balaban J connectivity index is 1.44. The Bertz CT molecular complexity index is 682. The van der Waals surface area contributed by atoms with Gasteiger partial charge >= 0.3 is 0 Å². The Morgan fingerprint density at radius 3 is 3.09 bits per heavy atom. The smallest absolute Gasteiger partial charge is 0.224 e. The number of rotatable bonds is 8. The quantitative estimate of drug-likeness (QED) is 0.694. The number of aliphatic hydroxyl groups is 1. The molecule has 1 fully saturated rings. The molecule has 0 bridgehead atoms. The Kier molecular flexibility index (Phi) is 4.93. The maximum absolute atomic E-state index is 13.1. The Hall–Kier alpha value is -1.92. The van der Waals surface area contributed by atoms with E-state index in [1.165, 1.54) is 25.0 Å². The van der Waals surface area contributed by atoms with Crippen molar-refractivity contribution in [1.29, 1.82) is 0 Å². The van der Waals surface area contributed by atoms with E-state index in [-0.39, 0.29) is 31.3 Å². The number of aliphatic hydroxyl groups excluding tert-OH is 1. The van der Waals surface area contributed by atoms with Gasteiger partial charge in [-0.2, -0.15) is 0 Å². The lowest BCUT2D eigenvalue weighted by Gasteiger charge is -2.12. The summed E-state index contributed by atoms with van der Waals surface area (Å²) in [7, 11) is 0. The van der Waals surface area contributed by atoms with Crippen LogP contribution in [0.15, 0.2) is 24.4 Å². The first-order valence-corrected chi connectivity index (χ1v) is 7.90. The van der Waals surface area contributed by atoms with Gasteiger partial charge in [0.1, 0.15) is 5.82 Å². The van der Waals surface area contributed by atoms with Crippen LogP contribution in [-0.2, 0) is 16.0 Å². The van der Waals surface area contributed by atoms with Gasteiger partial charge in [-0.25, -0.2) is 4.39 Å². The zero-order valence-corrected chi connectivity index (χ0v) is 12.8. The standard InChI is InChI=1S/C17H21FN2O3/c18-13-3-4-15-12(7-19-16(15)6-13)5-17(22)20-8-14(21)10-23-9-11-1-2-11/h3-4,6-7,11,14,19,21H,1-2,5,8-10H2,(H,20,22). The molecule has 0 aliphatic heterocycles. The third-order valence-corrected chi connectivity index (χ3v) is 3.98. The van der Waals surface area contributed by atoms with Crippen LogP contribution in [-0.4, -0.2) is 41.9 Å². The lowest BCUT2D eigenvalue weighted by molar-refractivity contribution is -0.121. The fourth-order valence-corrected chi connectivity index (χ4v) is 2.49. The Labute approximate surface area is 133 Å². The van der Waals surface area contributed by atoms with Crippen molar-refractivity contribution >= 4 is 16.8 Å². The number of nitrogens with one attached hydrogen (secondary N) is 2. The molecule has 1 aromatic carbocycles. The maximum Gasteiger partial charge on any atom is 0.224 e. The molecule has 1 aliphatic rings. The van der Waals surface area contributed by atoms with E-state index in [0.29, 0.717) is 18.0 Å². The molecule has 124 valence electrons. The normalized spacial score (nSPS) is 15.7. The van der Waals surface area contributed by atoms with E-state index in [0.717, 1.165) is 10.9 Å². The third kappa shape index (κ3) is 4.53. The number of carbonyl (C=O) groups is 1. The van der Waals surface area contributed by atoms with Crippen LogP contribution in [0.3, 0.4) is 0 Å². The molecule has 6 heteroatoms. The van der Waals surface area contributed by atoms with E-state index in [2.05, 4.69) is 10.3 Å². The average Bonchev–Trinajstić information content (AvgIpc) is 3.27. The van der Waals surface area contributed by atoms with Crippen LogP contribution in [0.4, 0.5) is 4.39 Å². The summed E-state index contributed by atoms with van der Waals surface area (Å²) in [6, 6.07) is 4.43. The van der Waals surface area contributed by atoms with Gasteiger partial charge in [0.15, 0.2) is 0 Å². The van der Waals surface area contributed by atoms with Gasteiger partial charge in [0.2, 0.25) is 5.91 Å². The Morgan fingerprint density at radius 2 is 2.30 bits per heavy atom. The van der Waals surface area contributed by atoms with Crippen LogP contribution in [0.1, 0.15) is 18.4 Å².